The van der Waals surface area contributed by atoms with Gasteiger partial charge in [-0.2, -0.15) is 0 Å². The second kappa shape index (κ2) is 8.25. The van der Waals surface area contributed by atoms with Crippen LogP contribution in [0, 0.1) is 0 Å². The summed E-state index contributed by atoms with van der Waals surface area (Å²) in [6, 6.07) is 7.92. The topological polar surface area (TPSA) is 98.8 Å². The number of alkyl carbamates (subject to hydrolysis) is 1. The Hall–Kier alpha value is -2.09. The molecule has 0 saturated carbocycles. The van der Waals surface area contributed by atoms with Crippen LogP contribution in [0.5, 0.6) is 0 Å². The Balaban J connectivity index is 2.27. The zero-order valence-electron chi connectivity index (χ0n) is 11.6. The van der Waals surface area contributed by atoms with Crippen molar-refractivity contribution in [2.75, 3.05) is 25.5 Å². The molecule has 21 heavy (non-hydrogen) atoms. The van der Waals surface area contributed by atoms with E-state index in [-0.39, 0.29) is 30.4 Å². The second-order valence-corrected chi connectivity index (χ2v) is 6.14. The van der Waals surface area contributed by atoms with Gasteiger partial charge in [-0.15, -0.1) is 0 Å². The van der Waals surface area contributed by atoms with Crippen LogP contribution in [0.15, 0.2) is 35.2 Å². The minimum Gasteiger partial charge on any atom is -0.464 e. The third-order valence-corrected chi connectivity index (χ3v) is 4.06. The van der Waals surface area contributed by atoms with Crippen LogP contribution in [0.4, 0.5) is 4.79 Å². The van der Waals surface area contributed by atoms with E-state index < -0.39 is 21.9 Å². The Kier molecular flexibility index (Phi) is 6.67. The molecule has 1 amide bonds. The highest BCUT2D eigenvalue weighted by atomic mass is 32.2. The summed E-state index contributed by atoms with van der Waals surface area (Å²) in [6.07, 6.45) is -0.759. The van der Waals surface area contributed by atoms with Gasteiger partial charge in [0.15, 0.2) is 9.84 Å². The van der Waals surface area contributed by atoms with Gasteiger partial charge >= 0.3 is 12.1 Å². The lowest BCUT2D eigenvalue weighted by Crippen LogP contribution is -2.29. The number of nitrogens with one attached hydrogen (secondary N) is 1. The molecular formula is C13H17NO6S. The Morgan fingerprint density at radius 1 is 1.10 bits per heavy atom. The minimum atomic E-state index is -3.47. The van der Waals surface area contributed by atoms with Crippen molar-refractivity contribution in [1.29, 1.82) is 0 Å². The van der Waals surface area contributed by atoms with Gasteiger partial charge in [-0.3, -0.25) is 4.79 Å². The molecule has 1 aromatic carbocycles. The van der Waals surface area contributed by atoms with Gasteiger partial charge < -0.3 is 14.8 Å². The minimum absolute atomic E-state index is 0.0345. The van der Waals surface area contributed by atoms with Gasteiger partial charge in [0.25, 0.3) is 0 Å². The Morgan fingerprint density at radius 2 is 1.76 bits per heavy atom. The maximum Gasteiger partial charge on any atom is 0.407 e. The smallest absolute Gasteiger partial charge is 0.407 e. The number of carbonyl (C=O) groups is 2. The van der Waals surface area contributed by atoms with E-state index in [4.69, 9.17) is 4.74 Å². The zero-order chi connectivity index (χ0) is 15.7. The lowest BCUT2D eigenvalue weighted by Gasteiger charge is -2.07. The lowest BCUT2D eigenvalue weighted by molar-refractivity contribution is -0.140. The first-order valence-corrected chi connectivity index (χ1v) is 7.89. The Morgan fingerprint density at radius 3 is 2.38 bits per heavy atom. The molecule has 0 fully saturated rings. The summed E-state index contributed by atoms with van der Waals surface area (Å²) >= 11 is 0. The number of sulfone groups is 1. The standard InChI is InChI=1S/C13H17NO6S/c1-11(15)19-8-7-14-13(16)20-9-10-21(17,18)12-5-3-2-4-6-12/h2-6H,7-10H2,1H3,(H,14,16). The monoisotopic (exact) mass is 315 g/mol. The van der Waals surface area contributed by atoms with Crippen LogP contribution in [0.2, 0.25) is 0 Å². The molecule has 116 valence electrons. The van der Waals surface area contributed by atoms with Gasteiger partial charge in [-0.25, -0.2) is 13.2 Å². The van der Waals surface area contributed by atoms with Gasteiger partial charge in [-0.1, -0.05) is 18.2 Å². The van der Waals surface area contributed by atoms with E-state index in [2.05, 4.69) is 10.1 Å². The number of carbonyl (C=O) groups excluding carboxylic acids is 2. The fourth-order valence-corrected chi connectivity index (χ4v) is 2.50. The average Bonchev–Trinajstić information content (AvgIpc) is 2.44. The molecule has 0 saturated heterocycles. The maximum atomic E-state index is 11.9. The van der Waals surface area contributed by atoms with Gasteiger partial charge in [0.1, 0.15) is 13.2 Å². The Labute approximate surface area is 123 Å². The van der Waals surface area contributed by atoms with Crippen molar-refractivity contribution in [3.63, 3.8) is 0 Å². The van der Waals surface area contributed by atoms with E-state index in [0.717, 1.165) is 0 Å². The molecular weight excluding hydrogens is 298 g/mol. The quantitative estimate of drug-likeness (QED) is 0.589. The molecule has 0 aromatic heterocycles. The predicted octanol–water partition coefficient (Wildman–Crippen LogP) is 0.750. The molecule has 0 atom stereocenters. The highest BCUT2D eigenvalue weighted by molar-refractivity contribution is 7.91. The van der Waals surface area contributed by atoms with Crippen molar-refractivity contribution < 1.29 is 27.5 Å². The van der Waals surface area contributed by atoms with E-state index in [1.807, 2.05) is 0 Å². The van der Waals surface area contributed by atoms with E-state index in [1.54, 1.807) is 18.2 Å². The van der Waals surface area contributed by atoms with Gasteiger partial charge in [0.2, 0.25) is 0 Å². The number of hydrogen-bond donors (Lipinski definition) is 1. The number of benzene rings is 1. The summed E-state index contributed by atoms with van der Waals surface area (Å²) < 4.78 is 33.1. The SMILES string of the molecule is CC(=O)OCCNC(=O)OCCS(=O)(=O)c1ccccc1. The molecule has 1 N–H and O–H groups in total. The number of amides is 1. The molecule has 0 aliphatic carbocycles. The third-order valence-electron chi connectivity index (χ3n) is 2.36. The van der Waals surface area contributed by atoms with Crippen LogP contribution in [-0.4, -0.2) is 46.0 Å². The van der Waals surface area contributed by atoms with Crippen molar-refractivity contribution in [1.82, 2.24) is 5.32 Å². The van der Waals surface area contributed by atoms with Crippen LogP contribution in [0.3, 0.4) is 0 Å². The number of esters is 1. The summed E-state index contributed by atoms with van der Waals surface area (Å²) in [5.41, 5.74) is 0. The molecule has 1 aromatic rings. The second-order valence-electron chi connectivity index (χ2n) is 4.03. The van der Waals surface area contributed by atoms with E-state index >= 15 is 0 Å². The number of hydrogen-bond acceptors (Lipinski definition) is 6. The Bertz CT molecular complexity index is 570. The summed E-state index contributed by atoms with van der Waals surface area (Å²) in [7, 11) is -3.47. The highest BCUT2D eigenvalue weighted by Gasteiger charge is 2.14. The largest absolute Gasteiger partial charge is 0.464 e. The van der Waals surface area contributed by atoms with E-state index in [0.29, 0.717) is 0 Å². The molecule has 0 heterocycles. The fraction of sp³-hybridized carbons (Fsp3) is 0.385. The molecule has 0 bridgehead atoms. The van der Waals surface area contributed by atoms with Crippen molar-refractivity contribution in [2.45, 2.75) is 11.8 Å². The van der Waals surface area contributed by atoms with Gasteiger partial charge in [0, 0.05) is 6.92 Å². The van der Waals surface area contributed by atoms with E-state index in [9.17, 15) is 18.0 Å². The first-order valence-electron chi connectivity index (χ1n) is 6.23. The van der Waals surface area contributed by atoms with Crippen LogP contribution >= 0.6 is 0 Å². The van der Waals surface area contributed by atoms with Crippen molar-refractivity contribution >= 4 is 21.9 Å². The van der Waals surface area contributed by atoms with Crippen molar-refractivity contribution in [2.24, 2.45) is 0 Å². The summed E-state index contributed by atoms with van der Waals surface area (Å²) in [5, 5.41) is 2.33. The van der Waals surface area contributed by atoms with Crippen LogP contribution in [-0.2, 0) is 24.1 Å². The molecule has 8 heteroatoms. The zero-order valence-corrected chi connectivity index (χ0v) is 12.4. The van der Waals surface area contributed by atoms with Crippen LogP contribution in [0.25, 0.3) is 0 Å². The average molecular weight is 315 g/mol. The van der Waals surface area contributed by atoms with E-state index in [1.165, 1.54) is 19.1 Å². The first-order chi connectivity index (χ1) is 9.92. The third kappa shape index (κ3) is 6.75. The highest BCUT2D eigenvalue weighted by Crippen LogP contribution is 2.09. The molecule has 0 unspecified atom stereocenters. The summed E-state index contributed by atoms with van der Waals surface area (Å²) in [5.74, 6) is -0.743. The normalized spacial score (nSPS) is 10.7. The molecule has 1 rings (SSSR count). The van der Waals surface area contributed by atoms with Gasteiger partial charge in [0.05, 0.1) is 17.2 Å². The summed E-state index contributed by atoms with van der Waals surface area (Å²) in [4.78, 5) is 21.9. The molecule has 0 aliphatic heterocycles. The lowest BCUT2D eigenvalue weighted by atomic mass is 10.4. The van der Waals surface area contributed by atoms with Crippen molar-refractivity contribution in [3.05, 3.63) is 30.3 Å². The van der Waals surface area contributed by atoms with Crippen molar-refractivity contribution in [3.8, 4) is 0 Å². The molecule has 7 nitrogen and oxygen atoms in total. The van der Waals surface area contributed by atoms with Crippen LogP contribution in [0.1, 0.15) is 6.92 Å². The predicted molar refractivity (Wildman–Crippen MR) is 74.5 cm³/mol. The summed E-state index contributed by atoms with van der Waals surface area (Å²) in [6.45, 7) is 1.14. The number of rotatable bonds is 7. The maximum absolute atomic E-state index is 11.9. The molecule has 0 aliphatic rings. The first kappa shape index (κ1) is 17.0. The molecule has 0 radical (unpaired) electrons. The number of ether oxygens (including phenoxy) is 2. The fourth-order valence-electron chi connectivity index (χ4n) is 1.39. The van der Waals surface area contributed by atoms with Crippen LogP contribution < -0.4 is 5.32 Å². The molecule has 0 spiro atoms. The van der Waals surface area contributed by atoms with Gasteiger partial charge in [-0.05, 0) is 12.1 Å².